The number of carbonyl (C=O) groups is 1. The summed E-state index contributed by atoms with van der Waals surface area (Å²) in [6.45, 7) is 0.436. The Labute approximate surface area is 173 Å². The van der Waals surface area contributed by atoms with E-state index >= 15 is 0 Å². The molecule has 2 aromatic rings. The van der Waals surface area contributed by atoms with E-state index in [0.29, 0.717) is 5.56 Å². The van der Waals surface area contributed by atoms with Crippen molar-refractivity contribution in [3.8, 4) is 5.88 Å². The molecule has 0 aliphatic rings. The summed E-state index contributed by atoms with van der Waals surface area (Å²) in [5, 5.41) is 2.72. The van der Waals surface area contributed by atoms with E-state index in [1.807, 2.05) is 30.3 Å². The molecule has 0 saturated carbocycles. The lowest BCUT2D eigenvalue weighted by Gasteiger charge is -2.20. The fourth-order valence-corrected chi connectivity index (χ4v) is 2.27. The first-order valence-electron chi connectivity index (χ1n) is 7.99. The number of carbonyl (C=O) groups excluding carboxylic acids is 1. The molecule has 156 valence electrons. The van der Waals surface area contributed by atoms with E-state index in [1.165, 1.54) is 12.3 Å². The van der Waals surface area contributed by atoms with Crippen LogP contribution in [-0.4, -0.2) is 23.7 Å². The van der Waals surface area contributed by atoms with Gasteiger partial charge in [-0.2, -0.15) is 13.2 Å². The largest absolute Gasteiger partial charge is 0.468 e. The van der Waals surface area contributed by atoms with Crippen LogP contribution < -0.4 is 15.8 Å². The highest BCUT2D eigenvalue weighted by Gasteiger charge is 2.28. The summed E-state index contributed by atoms with van der Waals surface area (Å²) >= 11 is 0. The quantitative estimate of drug-likeness (QED) is 0.687. The SMILES string of the molecule is CC(C(=O)NCc1ccnc(OCC(F)(F)F)c1)C(N)c1ccccc1.Cl.Cl. The number of nitrogens with zero attached hydrogens (tertiary/aromatic N) is 1. The molecule has 0 radical (unpaired) electrons. The number of hydrogen-bond donors (Lipinski definition) is 2. The third kappa shape index (κ3) is 8.33. The molecule has 2 unspecified atom stereocenters. The lowest BCUT2D eigenvalue weighted by Crippen LogP contribution is -2.35. The second-order valence-electron chi connectivity index (χ2n) is 5.85. The predicted octanol–water partition coefficient (Wildman–Crippen LogP) is 3.82. The molecule has 3 N–H and O–H groups in total. The Morgan fingerprint density at radius 2 is 1.86 bits per heavy atom. The van der Waals surface area contributed by atoms with Crippen molar-refractivity contribution < 1.29 is 22.7 Å². The number of alkyl halides is 3. The van der Waals surface area contributed by atoms with Gasteiger partial charge >= 0.3 is 6.18 Å². The third-order valence-corrected chi connectivity index (χ3v) is 3.79. The fraction of sp³-hybridized carbons (Fsp3) is 0.333. The van der Waals surface area contributed by atoms with E-state index in [2.05, 4.69) is 15.0 Å². The van der Waals surface area contributed by atoms with Crippen LogP contribution in [-0.2, 0) is 11.3 Å². The van der Waals surface area contributed by atoms with Crippen LogP contribution in [0.15, 0.2) is 48.7 Å². The van der Waals surface area contributed by atoms with E-state index in [0.717, 1.165) is 5.56 Å². The molecule has 2 atom stereocenters. The smallest absolute Gasteiger partial charge is 0.422 e. The first-order chi connectivity index (χ1) is 12.3. The van der Waals surface area contributed by atoms with E-state index in [1.54, 1.807) is 13.0 Å². The van der Waals surface area contributed by atoms with Gasteiger partial charge < -0.3 is 15.8 Å². The van der Waals surface area contributed by atoms with Gasteiger partial charge in [0.1, 0.15) is 0 Å². The highest BCUT2D eigenvalue weighted by atomic mass is 35.5. The number of hydrogen-bond acceptors (Lipinski definition) is 4. The normalized spacial score (nSPS) is 12.8. The Hall–Kier alpha value is -2.03. The summed E-state index contributed by atoms with van der Waals surface area (Å²) in [6, 6.07) is 11.7. The predicted molar refractivity (Wildman–Crippen MR) is 105 cm³/mol. The molecule has 10 heteroatoms. The zero-order chi connectivity index (χ0) is 19.2. The minimum Gasteiger partial charge on any atom is -0.468 e. The van der Waals surface area contributed by atoms with Crippen LogP contribution in [0, 0.1) is 5.92 Å². The van der Waals surface area contributed by atoms with Crippen LogP contribution in [0.25, 0.3) is 0 Å². The topological polar surface area (TPSA) is 77.2 Å². The van der Waals surface area contributed by atoms with Gasteiger partial charge in [-0.3, -0.25) is 4.79 Å². The van der Waals surface area contributed by atoms with E-state index in [9.17, 15) is 18.0 Å². The number of benzene rings is 1. The van der Waals surface area contributed by atoms with Gasteiger partial charge in [0, 0.05) is 24.8 Å². The summed E-state index contributed by atoms with van der Waals surface area (Å²) < 4.78 is 41.1. The molecule has 5 nitrogen and oxygen atoms in total. The molecule has 1 aromatic heterocycles. The van der Waals surface area contributed by atoms with Crippen molar-refractivity contribution in [1.82, 2.24) is 10.3 Å². The summed E-state index contributed by atoms with van der Waals surface area (Å²) in [5.74, 6) is -0.876. The number of nitrogens with one attached hydrogen (secondary N) is 1. The monoisotopic (exact) mass is 439 g/mol. The summed E-state index contributed by atoms with van der Waals surface area (Å²) in [5.41, 5.74) is 7.54. The van der Waals surface area contributed by atoms with Crippen LogP contribution in [0.1, 0.15) is 24.1 Å². The minimum absolute atomic E-state index is 0. The van der Waals surface area contributed by atoms with Crippen molar-refractivity contribution in [3.05, 3.63) is 59.8 Å². The fourth-order valence-electron chi connectivity index (χ4n) is 2.27. The molecule has 0 fully saturated rings. The van der Waals surface area contributed by atoms with Gasteiger partial charge in [-0.1, -0.05) is 37.3 Å². The maximum atomic E-state index is 12.3. The summed E-state index contributed by atoms with van der Waals surface area (Å²) in [7, 11) is 0. The molecular formula is C18H22Cl2F3N3O2. The average molecular weight is 440 g/mol. The third-order valence-electron chi connectivity index (χ3n) is 3.79. The van der Waals surface area contributed by atoms with Gasteiger partial charge in [-0.05, 0) is 17.2 Å². The van der Waals surface area contributed by atoms with Crippen molar-refractivity contribution in [1.29, 1.82) is 0 Å². The van der Waals surface area contributed by atoms with Gasteiger partial charge in [0.15, 0.2) is 6.61 Å². The Balaban J connectivity index is 0.00000364. The van der Waals surface area contributed by atoms with Crippen LogP contribution in [0.2, 0.25) is 0 Å². The van der Waals surface area contributed by atoms with E-state index in [-0.39, 0.29) is 43.1 Å². The van der Waals surface area contributed by atoms with Crippen LogP contribution in [0.4, 0.5) is 13.2 Å². The molecule has 1 aromatic carbocycles. The summed E-state index contributed by atoms with van der Waals surface area (Å²) in [6.07, 6.45) is -3.11. The highest BCUT2D eigenvalue weighted by molar-refractivity contribution is 5.85. The van der Waals surface area contributed by atoms with Crippen molar-refractivity contribution in [2.24, 2.45) is 11.7 Å². The van der Waals surface area contributed by atoms with Gasteiger partial charge in [-0.25, -0.2) is 4.98 Å². The number of pyridine rings is 1. The summed E-state index contributed by atoms with van der Waals surface area (Å²) in [4.78, 5) is 16.0. The highest BCUT2D eigenvalue weighted by Crippen LogP contribution is 2.20. The Morgan fingerprint density at radius 1 is 1.21 bits per heavy atom. The molecule has 28 heavy (non-hydrogen) atoms. The standard InChI is InChI=1S/C18H20F3N3O2.2ClH/c1-12(16(22)14-5-3-2-4-6-14)17(25)24-10-13-7-8-23-15(9-13)26-11-18(19,20)21;;/h2-9,12,16H,10-11,22H2,1H3,(H,24,25);2*1H. The number of nitrogens with two attached hydrogens (primary N) is 1. The molecule has 0 bridgehead atoms. The van der Waals surface area contributed by atoms with Gasteiger partial charge in [0.05, 0.1) is 5.92 Å². The van der Waals surface area contributed by atoms with Gasteiger partial charge in [0.25, 0.3) is 0 Å². The lowest BCUT2D eigenvalue weighted by atomic mass is 9.94. The van der Waals surface area contributed by atoms with Crippen LogP contribution in [0.5, 0.6) is 5.88 Å². The van der Waals surface area contributed by atoms with Crippen LogP contribution >= 0.6 is 24.8 Å². The maximum Gasteiger partial charge on any atom is 0.422 e. The zero-order valence-electron chi connectivity index (χ0n) is 15.0. The molecule has 0 aliphatic carbocycles. The van der Waals surface area contributed by atoms with Crippen LogP contribution in [0.3, 0.4) is 0 Å². The Bertz CT molecular complexity index is 734. The second kappa shape index (κ2) is 11.7. The van der Waals surface area contributed by atoms with Crippen molar-refractivity contribution in [2.75, 3.05) is 6.61 Å². The number of ether oxygens (including phenoxy) is 1. The van der Waals surface area contributed by atoms with E-state index in [4.69, 9.17) is 5.73 Å². The molecule has 0 aliphatic heterocycles. The van der Waals surface area contributed by atoms with E-state index < -0.39 is 24.7 Å². The van der Waals surface area contributed by atoms with Gasteiger partial charge in [0.2, 0.25) is 11.8 Å². The maximum absolute atomic E-state index is 12.3. The number of amides is 1. The first-order valence-corrected chi connectivity index (χ1v) is 7.99. The second-order valence-corrected chi connectivity index (χ2v) is 5.85. The first kappa shape index (κ1) is 26.0. The molecule has 0 spiro atoms. The van der Waals surface area contributed by atoms with Crippen molar-refractivity contribution in [2.45, 2.75) is 25.7 Å². The molecule has 1 amide bonds. The lowest BCUT2D eigenvalue weighted by molar-refractivity contribution is -0.154. The molecule has 0 saturated heterocycles. The number of aromatic nitrogens is 1. The Morgan fingerprint density at radius 3 is 2.46 bits per heavy atom. The number of rotatable bonds is 7. The molecular weight excluding hydrogens is 418 g/mol. The van der Waals surface area contributed by atoms with Crippen molar-refractivity contribution >= 4 is 30.7 Å². The minimum atomic E-state index is -4.44. The average Bonchev–Trinajstić information content (AvgIpc) is 2.63. The van der Waals surface area contributed by atoms with Crippen molar-refractivity contribution in [3.63, 3.8) is 0 Å². The molecule has 2 rings (SSSR count). The van der Waals surface area contributed by atoms with Gasteiger partial charge in [-0.15, -0.1) is 24.8 Å². The Kier molecular flexibility index (Phi) is 10.9. The number of halogens is 5. The zero-order valence-corrected chi connectivity index (χ0v) is 16.6. The molecule has 1 heterocycles.